The fourth-order valence-corrected chi connectivity index (χ4v) is 2.97. The molecule has 160 valence electrons. The second kappa shape index (κ2) is 12.0. The first kappa shape index (κ1) is 23.4. The Balaban J connectivity index is 1.66. The summed E-state index contributed by atoms with van der Waals surface area (Å²) in [6, 6.07) is 15.1. The van der Waals surface area contributed by atoms with Crippen molar-refractivity contribution in [1.82, 2.24) is 16.2 Å². The lowest BCUT2D eigenvalue weighted by Gasteiger charge is -2.14. The Labute approximate surface area is 184 Å². The highest BCUT2D eigenvalue weighted by atomic mass is 79.9. The average Bonchev–Trinajstić information content (AvgIpc) is 2.74. The van der Waals surface area contributed by atoms with Crippen LogP contribution in [-0.2, 0) is 20.9 Å². The first-order valence-electron chi connectivity index (χ1n) is 9.65. The maximum Gasteiger partial charge on any atom is 0.276 e. The largest absolute Gasteiger partial charge is 0.483 e. The maximum atomic E-state index is 11.9. The standard InChI is InChI=1S/C22H26BrN3O4/c1-15(2)18-12-17(23)8-9-19(18)30-14-22(29)26-25-21(28)11-10-20(27)24-13-16-6-4-3-5-7-16/h3-9,12,15H,10-11,13-14H2,1-2H3,(H,24,27)(H,25,28)(H,26,29). The zero-order valence-corrected chi connectivity index (χ0v) is 18.6. The van der Waals surface area contributed by atoms with Gasteiger partial charge in [-0.15, -0.1) is 0 Å². The Kier molecular flexibility index (Phi) is 9.34. The number of nitrogens with one attached hydrogen (secondary N) is 3. The Hall–Kier alpha value is -2.87. The van der Waals surface area contributed by atoms with E-state index in [9.17, 15) is 14.4 Å². The number of benzene rings is 2. The summed E-state index contributed by atoms with van der Waals surface area (Å²) in [6.07, 6.45) is -0.00630. The van der Waals surface area contributed by atoms with E-state index >= 15 is 0 Å². The summed E-state index contributed by atoms with van der Waals surface area (Å²) in [5, 5.41) is 2.75. The molecule has 0 heterocycles. The SMILES string of the molecule is CC(C)c1cc(Br)ccc1OCC(=O)NNC(=O)CCC(=O)NCc1ccccc1. The number of carbonyl (C=O) groups is 3. The molecule has 0 atom stereocenters. The molecule has 0 bridgehead atoms. The van der Waals surface area contributed by atoms with E-state index in [0.717, 1.165) is 15.6 Å². The predicted octanol–water partition coefficient (Wildman–Crippen LogP) is 3.20. The molecule has 0 aliphatic heterocycles. The fourth-order valence-electron chi connectivity index (χ4n) is 2.60. The number of rotatable bonds is 9. The van der Waals surface area contributed by atoms with Gasteiger partial charge in [-0.25, -0.2) is 0 Å². The molecule has 3 N–H and O–H groups in total. The van der Waals surface area contributed by atoms with Crippen molar-refractivity contribution in [1.29, 1.82) is 0 Å². The van der Waals surface area contributed by atoms with Crippen LogP contribution in [0.5, 0.6) is 5.75 Å². The van der Waals surface area contributed by atoms with Crippen molar-refractivity contribution in [3.05, 3.63) is 64.1 Å². The molecular weight excluding hydrogens is 450 g/mol. The minimum absolute atomic E-state index is 0.0294. The lowest BCUT2D eigenvalue weighted by atomic mass is 10.0. The smallest absolute Gasteiger partial charge is 0.276 e. The van der Waals surface area contributed by atoms with Crippen LogP contribution in [-0.4, -0.2) is 24.3 Å². The van der Waals surface area contributed by atoms with E-state index in [1.54, 1.807) is 6.07 Å². The van der Waals surface area contributed by atoms with Crippen LogP contribution in [0.3, 0.4) is 0 Å². The third-order valence-electron chi connectivity index (χ3n) is 4.21. The maximum absolute atomic E-state index is 11.9. The molecule has 2 aromatic rings. The summed E-state index contributed by atoms with van der Waals surface area (Å²) in [5.74, 6) is -0.336. The van der Waals surface area contributed by atoms with Gasteiger partial charge in [-0.1, -0.05) is 60.1 Å². The van der Waals surface area contributed by atoms with E-state index < -0.39 is 11.8 Å². The highest BCUT2D eigenvalue weighted by molar-refractivity contribution is 9.10. The lowest BCUT2D eigenvalue weighted by Crippen LogP contribution is -2.44. The number of ether oxygens (including phenoxy) is 1. The molecule has 2 aromatic carbocycles. The van der Waals surface area contributed by atoms with Crippen LogP contribution in [0.25, 0.3) is 0 Å². The van der Waals surface area contributed by atoms with Gasteiger partial charge in [0.05, 0.1) is 0 Å². The quantitative estimate of drug-likeness (QED) is 0.485. The highest BCUT2D eigenvalue weighted by Gasteiger charge is 2.12. The Morgan fingerprint density at radius 1 is 0.933 bits per heavy atom. The fraction of sp³-hybridized carbons (Fsp3) is 0.318. The second-order valence-corrected chi connectivity index (χ2v) is 7.90. The van der Waals surface area contributed by atoms with Crippen LogP contribution in [0, 0.1) is 0 Å². The van der Waals surface area contributed by atoms with Gasteiger partial charge in [-0.2, -0.15) is 0 Å². The molecule has 0 saturated heterocycles. The molecule has 7 nitrogen and oxygen atoms in total. The molecule has 8 heteroatoms. The molecule has 0 spiro atoms. The molecule has 30 heavy (non-hydrogen) atoms. The van der Waals surface area contributed by atoms with Gasteiger partial charge >= 0.3 is 0 Å². The molecule has 0 unspecified atom stereocenters. The van der Waals surface area contributed by atoms with Gasteiger partial charge in [0.1, 0.15) is 5.75 Å². The first-order chi connectivity index (χ1) is 14.3. The second-order valence-electron chi connectivity index (χ2n) is 6.98. The van der Waals surface area contributed by atoms with Crippen LogP contribution in [0.15, 0.2) is 53.0 Å². The molecule has 0 saturated carbocycles. The van der Waals surface area contributed by atoms with Crippen LogP contribution >= 0.6 is 15.9 Å². The summed E-state index contributed by atoms with van der Waals surface area (Å²) in [6.45, 7) is 4.23. The number of hydrogen-bond donors (Lipinski definition) is 3. The number of hydrazine groups is 1. The van der Waals surface area contributed by atoms with Crippen LogP contribution < -0.4 is 20.9 Å². The molecule has 0 radical (unpaired) electrons. The van der Waals surface area contributed by atoms with E-state index in [0.29, 0.717) is 12.3 Å². The summed E-state index contributed by atoms with van der Waals surface area (Å²) >= 11 is 3.42. The summed E-state index contributed by atoms with van der Waals surface area (Å²) in [7, 11) is 0. The van der Waals surface area contributed by atoms with E-state index in [-0.39, 0.29) is 31.3 Å². The molecular formula is C22H26BrN3O4. The molecule has 0 aromatic heterocycles. The minimum atomic E-state index is -0.491. The van der Waals surface area contributed by atoms with Crippen molar-refractivity contribution in [3.63, 3.8) is 0 Å². The van der Waals surface area contributed by atoms with Gasteiger partial charge in [0.15, 0.2) is 6.61 Å². The predicted molar refractivity (Wildman–Crippen MR) is 118 cm³/mol. The zero-order chi connectivity index (χ0) is 21.9. The van der Waals surface area contributed by atoms with Gasteiger partial charge in [0.2, 0.25) is 11.8 Å². The van der Waals surface area contributed by atoms with Crippen LogP contribution in [0.1, 0.15) is 43.7 Å². The van der Waals surface area contributed by atoms with Gasteiger partial charge < -0.3 is 10.1 Å². The number of halogens is 1. The molecule has 0 aliphatic rings. The van der Waals surface area contributed by atoms with Gasteiger partial charge in [0.25, 0.3) is 5.91 Å². The summed E-state index contributed by atoms with van der Waals surface area (Å²) in [4.78, 5) is 35.6. The van der Waals surface area contributed by atoms with Crippen LogP contribution in [0.2, 0.25) is 0 Å². The average molecular weight is 476 g/mol. The molecule has 0 fully saturated rings. The van der Waals surface area contributed by atoms with Crippen LogP contribution in [0.4, 0.5) is 0 Å². The third kappa shape index (κ3) is 8.24. The molecule has 0 aliphatic carbocycles. The first-order valence-corrected chi connectivity index (χ1v) is 10.4. The highest BCUT2D eigenvalue weighted by Crippen LogP contribution is 2.29. The topological polar surface area (TPSA) is 96.5 Å². The lowest BCUT2D eigenvalue weighted by molar-refractivity contribution is -0.131. The Morgan fingerprint density at radius 2 is 1.60 bits per heavy atom. The van der Waals surface area contributed by atoms with Crippen molar-refractivity contribution in [2.24, 2.45) is 0 Å². The van der Waals surface area contributed by atoms with Crippen molar-refractivity contribution in [2.45, 2.75) is 39.2 Å². The van der Waals surface area contributed by atoms with Gasteiger partial charge in [-0.3, -0.25) is 25.2 Å². The van der Waals surface area contributed by atoms with Gasteiger partial charge in [0, 0.05) is 23.9 Å². The number of amides is 3. The third-order valence-corrected chi connectivity index (χ3v) is 4.70. The van der Waals surface area contributed by atoms with Crippen molar-refractivity contribution in [3.8, 4) is 5.75 Å². The van der Waals surface area contributed by atoms with E-state index in [2.05, 4.69) is 32.1 Å². The normalized spacial score (nSPS) is 10.4. The molecule has 3 amide bonds. The van der Waals surface area contributed by atoms with Crippen molar-refractivity contribution in [2.75, 3.05) is 6.61 Å². The monoisotopic (exact) mass is 475 g/mol. The zero-order valence-electron chi connectivity index (χ0n) is 17.0. The van der Waals surface area contributed by atoms with Gasteiger partial charge in [-0.05, 0) is 35.2 Å². The number of hydrogen-bond acceptors (Lipinski definition) is 4. The minimum Gasteiger partial charge on any atom is -0.483 e. The van der Waals surface area contributed by atoms with E-state index in [1.807, 2.05) is 56.3 Å². The van der Waals surface area contributed by atoms with Crippen molar-refractivity contribution < 1.29 is 19.1 Å². The summed E-state index contributed by atoms with van der Waals surface area (Å²) < 4.78 is 6.50. The molecule has 2 rings (SSSR count). The Morgan fingerprint density at radius 3 is 2.30 bits per heavy atom. The number of carbonyl (C=O) groups excluding carboxylic acids is 3. The van der Waals surface area contributed by atoms with E-state index in [1.165, 1.54) is 0 Å². The van der Waals surface area contributed by atoms with Crippen molar-refractivity contribution >= 4 is 33.7 Å². The summed E-state index contributed by atoms with van der Waals surface area (Å²) in [5.41, 5.74) is 6.53. The Bertz CT molecular complexity index is 872. The van der Waals surface area contributed by atoms with E-state index in [4.69, 9.17) is 4.74 Å².